The Balaban J connectivity index is 1.67. The topological polar surface area (TPSA) is 55.8 Å². The summed E-state index contributed by atoms with van der Waals surface area (Å²) in [6, 6.07) is 8.62. The van der Waals surface area contributed by atoms with Crippen molar-refractivity contribution in [1.29, 1.82) is 0 Å². The van der Waals surface area contributed by atoms with Crippen molar-refractivity contribution in [2.45, 2.75) is 122 Å². The summed E-state index contributed by atoms with van der Waals surface area (Å²) in [7, 11) is -2.05. The molecule has 6 heteroatoms. The first-order valence-corrected chi connectivity index (χ1v) is 17.8. The Hall–Kier alpha value is -1.76. The Morgan fingerprint density at radius 2 is 1.79 bits per heavy atom. The van der Waals surface area contributed by atoms with Crippen molar-refractivity contribution < 1.29 is 23.5 Å². The first kappa shape index (κ1) is 31.8. The van der Waals surface area contributed by atoms with Crippen molar-refractivity contribution >= 4 is 14.3 Å². The highest BCUT2D eigenvalue weighted by Crippen LogP contribution is 2.42. The third kappa shape index (κ3) is 8.86. The van der Waals surface area contributed by atoms with Crippen LogP contribution < -0.4 is 0 Å². The average molecular weight is 559 g/mol. The zero-order chi connectivity index (χ0) is 28.8. The lowest BCUT2D eigenvalue weighted by atomic mass is 9.89. The van der Waals surface area contributed by atoms with Crippen LogP contribution >= 0.6 is 0 Å². The summed E-state index contributed by atoms with van der Waals surface area (Å²) >= 11 is 0. The third-order valence-corrected chi connectivity index (χ3v) is 13.3. The molecule has 0 heterocycles. The number of halogens is 1. The van der Waals surface area contributed by atoms with Crippen molar-refractivity contribution in [2.75, 3.05) is 0 Å². The van der Waals surface area contributed by atoms with E-state index >= 15 is 4.39 Å². The third-order valence-electron chi connectivity index (χ3n) is 8.87. The first-order valence-electron chi connectivity index (χ1n) is 14.9. The molecule has 0 unspecified atom stereocenters. The van der Waals surface area contributed by atoms with Gasteiger partial charge in [0.25, 0.3) is 0 Å². The zero-order valence-electron chi connectivity index (χ0n) is 25.2. The summed E-state index contributed by atoms with van der Waals surface area (Å²) in [6.45, 7) is 15.0. The second kappa shape index (κ2) is 13.7. The molecule has 218 valence electrons. The molecule has 0 amide bonds. The molecule has 1 fully saturated rings. The van der Waals surface area contributed by atoms with Crippen molar-refractivity contribution in [2.24, 2.45) is 17.8 Å². The number of benzene rings is 1. The maximum absolute atomic E-state index is 15.2. The number of carbonyl (C=O) groups is 1. The lowest BCUT2D eigenvalue weighted by Crippen LogP contribution is -2.45. The molecule has 0 radical (unpaired) electrons. The summed E-state index contributed by atoms with van der Waals surface area (Å²) < 4.78 is 27.3. The van der Waals surface area contributed by atoms with Crippen LogP contribution in [0.4, 0.5) is 4.39 Å². The van der Waals surface area contributed by atoms with Gasteiger partial charge in [-0.05, 0) is 87.0 Å². The Morgan fingerprint density at radius 3 is 2.38 bits per heavy atom. The quantitative estimate of drug-likeness (QED) is 0.123. The predicted octanol–water partition coefficient (Wildman–Crippen LogP) is 7.75. The fourth-order valence-corrected chi connectivity index (χ4v) is 6.90. The van der Waals surface area contributed by atoms with E-state index in [9.17, 15) is 9.90 Å². The molecule has 4 nitrogen and oxygen atoms in total. The monoisotopic (exact) mass is 558 g/mol. The second-order valence-electron chi connectivity index (χ2n) is 13.4. The molecule has 39 heavy (non-hydrogen) atoms. The Kier molecular flexibility index (Phi) is 11.2. The van der Waals surface area contributed by atoms with Crippen LogP contribution in [-0.2, 0) is 26.8 Å². The van der Waals surface area contributed by atoms with Gasteiger partial charge in [-0.25, -0.2) is 4.39 Å². The van der Waals surface area contributed by atoms with Gasteiger partial charge in [0, 0.05) is 18.8 Å². The summed E-state index contributed by atoms with van der Waals surface area (Å²) in [4.78, 5) is 11.7. The van der Waals surface area contributed by atoms with Gasteiger partial charge < -0.3 is 14.3 Å². The van der Waals surface area contributed by atoms with Crippen LogP contribution in [0.3, 0.4) is 0 Å². The molecule has 0 saturated heterocycles. The highest BCUT2D eigenvalue weighted by atomic mass is 28.4. The van der Waals surface area contributed by atoms with Crippen molar-refractivity contribution in [3.8, 4) is 0 Å². The number of fused-ring (bicyclic) bond motifs is 1. The minimum atomic E-state index is -2.05. The SMILES string of the molecule is CC(C)OC(=O)CCCC=CC[C@@H]1[C@H](C=C[C@H](O[Si](C)(C)C(C)(C)C)C2Cc3ccccc3C2)[C@@H](F)C[C@H]1O. The van der Waals surface area contributed by atoms with E-state index in [1.165, 1.54) is 11.1 Å². The molecule has 1 saturated carbocycles. The molecular weight excluding hydrogens is 507 g/mol. The zero-order valence-corrected chi connectivity index (χ0v) is 26.2. The molecule has 0 aromatic heterocycles. The molecule has 0 bridgehead atoms. The lowest BCUT2D eigenvalue weighted by molar-refractivity contribution is -0.147. The summed E-state index contributed by atoms with van der Waals surface area (Å²) in [5, 5.41) is 10.8. The molecule has 1 N–H and O–H groups in total. The molecule has 2 aliphatic rings. The van der Waals surface area contributed by atoms with Gasteiger partial charge in [0.05, 0.1) is 18.3 Å². The van der Waals surface area contributed by atoms with Crippen LogP contribution in [-0.4, -0.2) is 43.9 Å². The smallest absolute Gasteiger partial charge is 0.306 e. The van der Waals surface area contributed by atoms with E-state index < -0.39 is 20.6 Å². The number of allylic oxidation sites excluding steroid dienone is 3. The van der Waals surface area contributed by atoms with E-state index in [1.807, 2.05) is 32.1 Å². The Labute approximate surface area is 237 Å². The Morgan fingerprint density at radius 1 is 1.15 bits per heavy atom. The first-order chi connectivity index (χ1) is 18.3. The van der Waals surface area contributed by atoms with Gasteiger partial charge in [-0.1, -0.05) is 69.3 Å². The van der Waals surface area contributed by atoms with Crippen LogP contribution in [0.5, 0.6) is 0 Å². The fraction of sp³-hybridized carbons (Fsp3) is 0.667. The molecule has 1 aromatic carbocycles. The maximum atomic E-state index is 15.2. The van der Waals surface area contributed by atoms with E-state index in [1.54, 1.807) is 0 Å². The van der Waals surface area contributed by atoms with Crippen LogP contribution in [0.1, 0.15) is 77.8 Å². The average Bonchev–Trinajstić information content (AvgIpc) is 3.37. The number of ether oxygens (including phenoxy) is 1. The largest absolute Gasteiger partial charge is 0.463 e. The maximum Gasteiger partial charge on any atom is 0.306 e. The number of esters is 1. The lowest BCUT2D eigenvalue weighted by Gasteiger charge is -2.40. The number of hydrogen-bond donors (Lipinski definition) is 1. The minimum Gasteiger partial charge on any atom is -0.463 e. The summed E-state index contributed by atoms with van der Waals surface area (Å²) in [5.74, 6) is -0.333. The van der Waals surface area contributed by atoms with E-state index in [4.69, 9.17) is 9.16 Å². The van der Waals surface area contributed by atoms with Crippen LogP contribution in [0.2, 0.25) is 18.1 Å². The van der Waals surface area contributed by atoms with Crippen molar-refractivity contribution in [1.82, 2.24) is 0 Å². The number of rotatable bonds is 12. The standard InChI is InChI=1S/C33H51FO4Si/c1-23(2)37-32(36)17-11-9-8-10-16-28-27(29(34)22-30(28)35)18-19-31(38-39(6,7)33(3,4)5)26-20-24-14-12-13-15-25(24)21-26/h8,10,12-15,18-19,23,26-31,35H,9,11,16-17,20-22H2,1-7H3/t27-,28+,29-,30+,31-/m0/s1. The van der Waals surface area contributed by atoms with Gasteiger partial charge in [0.2, 0.25) is 0 Å². The number of alkyl halides is 1. The molecule has 5 atom stereocenters. The molecule has 0 spiro atoms. The normalized spacial score (nSPS) is 25.2. The molecule has 1 aromatic rings. The van der Waals surface area contributed by atoms with E-state index in [0.717, 1.165) is 25.7 Å². The van der Waals surface area contributed by atoms with Gasteiger partial charge in [-0.15, -0.1) is 0 Å². The second-order valence-corrected chi connectivity index (χ2v) is 18.1. The van der Waals surface area contributed by atoms with Gasteiger partial charge in [0.1, 0.15) is 6.17 Å². The molecular formula is C33H51FO4Si. The van der Waals surface area contributed by atoms with E-state index in [-0.39, 0.29) is 41.5 Å². The highest BCUT2D eigenvalue weighted by molar-refractivity contribution is 6.74. The van der Waals surface area contributed by atoms with Gasteiger partial charge in [0.15, 0.2) is 8.32 Å². The van der Waals surface area contributed by atoms with Gasteiger partial charge >= 0.3 is 5.97 Å². The number of carbonyl (C=O) groups excluding carboxylic acids is 1. The van der Waals surface area contributed by atoms with Crippen LogP contribution in [0.25, 0.3) is 0 Å². The number of aliphatic hydroxyl groups excluding tert-OH is 1. The fourth-order valence-electron chi connectivity index (χ4n) is 5.59. The van der Waals surface area contributed by atoms with Crippen LogP contribution in [0, 0.1) is 17.8 Å². The number of unbranched alkanes of at least 4 members (excludes halogenated alkanes) is 1. The summed E-state index contributed by atoms with van der Waals surface area (Å²) in [6.07, 6.45) is 11.0. The van der Waals surface area contributed by atoms with E-state index in [2.05, 4.69) is 64.2 Å². The minimum absolute atomic E-state index is 0.0787. The van der Waals surface area contributed by atoms with Crippen molar-refractivity contribution in [3.63, 3.8) is 0 Å². The van der Waals surface area contributed by atoms with E-state index in [0.29, 0.717) is 18.8 Å². The van der Waals surface area contributed by atoms with Crippen LogP contribution in [0.15, 0.2) is 48.6 Å². The van der Waals surface area contributed by atoms with Crippen molar-refractivity contribution in [3.05, 3.63) is 59.7 Å². The number of aliphatic hydroxyl groups is 1. The number of hydrogen-bond acceptors (Lipinski definition) is 4. The molecule has 3 rings (SSSR count). The van der Waals surface area contributed by atoms with Gasteiger partial charge in [-0.3, -0.25) is 4.79 Å². The Bertz CT molecular complexity index is 971. The molecule has 2 aliphatic carbocycles. The predicted molar refractivity (Wildman–Crippen MR) is 160 cm³/mol. The van der Waals surface area contributed by atoms with Gasteiger partial charge in [-0.2, -0.15) is 0 Å². The highest BCUT2D eigenvalue weighted by Gasteiger charge is 2.43. The summed E-state index contributed by atoms with van der Waals surface area (Å²) in [5.41, 5.74) is 2.78. The molecule has 0 aliphatic heterocycles.